The van der Waals surface area contributed by atoms with Crippen molar-refractivity contribution in [3.05, 3.63) is 0 Å². The lowest BCUT2D eigenvalue weighted by Gasteiger charge is -2.24. The number of carbonyl (C=O) groups is 1. The third-order valence-electron chi connectivity index (χ3n) is 1.78. The van der Waals surface area contributed by atoms with Crippen LogP contribution in [-0.2, 0) is 4.65 Å². The summed E-state index contributed by atoms with van der Waals surface area (Å²) in [5.74, 6) is -0.237. The average Bonchev–Trinajstić information content (AvgIpc) is 2.09. The Kier molecular flexibility index (Phi) is 3.91. The molecular weight excluding hydrogens is 177 g/mol. The molecule has 0 aromatic heterocycles. The van der Waals surface area contributed by atoms with Crippen LogP contribution in [0.2, 0.25) is 0 Å². The zero-order chi connectivity index (χ0) is 8.97. The van der Waals surface area contributed by atoms with Gasteiger partial charge in [-0.3, -0.25) is 4.79 Å². The third kappa shape index (κ3) is 2.69. The maximum Gasteiger partial charge on any atom is 0.478 e. The van der Waals surface area contributed by atoms with Crippen LogP contribution in [0.1, 0.15) is 12.8 Å². The predicted molar refractivity (Wildman–Crippen MR) is 49.0 cm³/mol. The van der Waals surface area contributed by atoms with Crippen LogP contribution in [0.25, 0.3) is 0 Å². The van der Waals surface area contributed by atoms with Gasteiger partial charge in [0, 0.05) is 6.61 Å². The highest BCUT2D eigenvalue weighted by Crippen LogP contribution is 2.10. The first kappa shape index (κ1) is 9.89. The van der Waals surface area contributed by atoms with Gasteiger partial charge in [0.1, 0.15) is 0 Å². The van der Waals surface area contributed by atoms with Crippen molar-refractivity contribution >= 4 is 24.1 Å². The van der Waals surface area contributed by atoms with Gasteiger partial charge >= 0.3 is 7.12 Å². The Hall–Kier alpha value is -0.195. The highest BCUT2D eigenvalue weighted by molar-refractivity contribution is 8.12. The van der Waals surface area contributed by atoms with Crippen LogP contribution in [0.3, 0.4) is 0 Å². The topological polar surface area (TPSA) is 58.6 Å². The number of carbonyl (C=O) groups excluding carboxylic acids is 1. The van der Waals surface area contributed by atoms with Crippen LogP contribution in [0.4, 0.5) is 4.79 Å². The fourth-order valence-corrected chi connectivity index (χ4v) is 1.39. The molecule has 1 aliphatic rings. The average molecular weight is 189 g/mol. The molecule has 1 fully saturated rings. The summed E-state index contributed by atoms with van der Waals surface area (Å²) < 4.78 is 4.97. The van der Waals surface area contributed by atoms with Gasteiger partial charge in [0.05, 0.1) is 5.94 Å². The first-order valence-electron chi connectivity index (χ1n) is 3.88. The zero-order valence-electron chi connectivity index (χ0n) is 6.95. The van der Waals surface area contributed by atoms with Crippen molar-refractivity contribution in [2.75, 3.05) is 12.9 Å². The van der Waals surface area contributed by atoms with Crippen molar-refractivity contribution in [2.24, 2.45) is 0 Å². The van der Waals surface area contributed by atoms with Gasteiger partial charge in [-0.05, 0) is 19.1 Å². The van der Waals surface area contributed by atoms with Gasteiger partial charge in [0.2, 0.25) is 0 Å². The summed E-state index contributed by atoms with van der Waals surface area (Å²) in [6.45, 7) is 0.576. The predicted octanol–water partition coefficient (Wildman–Crippen LogP) is 0.258. The number of nitrogens with one attached hydrogen (secondary N) is 1. The second-order valence-electron chi connectivity index (χ2n) is 2.65. The van der Waals surface area contributed by atoms with Crippen LogP contribution >= 0.6 is 11.8 Å². The Morgan fingerprint density at radius 2 is 2.58 bits per heavy atom. The quantitative estimate of drug-likeness (QED) is 0.580. The Morgan fingerprint density at radius 1 is 1.83 bits per heavy atom. The minimum Gasteiger partial charge on any atom is -0.426 e. The van der Waals surface area contributed by atoms with Crippen molar-refractivity contribution in [3.63, 3.8) is 0 Å². The third-order valence-corrected chi connectivity index (χ3v) is 2.27. The maximum atomic E-state index is 10.9. The molecule has 1 aliphatic heterocycles. The first-order valence-corrected chi connectivity index (χ1v) is 5.10. The van der Waals surface area contributed by atoms with Crippen molar-refractivity contribution in [3.8, 4) is 0 Å². The smallest absolute Gasteiger partial charge is 0.426 e. The molecule has 1 saturated heterocycles. The normalized spacial score (nSPS) is 23.8. The van der Waals surface area contributed by atoms with Crippen LogP contribution < -0.4 is 5.32 Å². The summed E-state index contributed by atoms with van der Waals surface area (Å²) in [7, 11) is -0.838. The fourth-order valence-electron chi connectivity index (χ4n) is 1.12. The second-order valence-corrected chi connectivity index (χ2v) is 3.43. The standard InChI is InChI=1S/C6H12BNO3S/c1-12-6(9)8-5-3-2-4-11-7(5)10/h5,10H,2-4H2,1H3,(H,8,9). The summed E-state index contributed by atoms with van der Waals surface area (Å²) >= 11 is 1.10. The van der Waals surface area contributed by atoms with E-state index < -0.39 is 7.12 Å². The van der Waals surface area contributed by atoms with E-state index in [1.54, 1.807) is 6.26 Å². The SMILES string of the molecule is CSC(=O)NC1CCCOB1O. The van der Waals surface area contributed by atoms with Crippen LogP contribution in [-0.4, -0.2) is 36.2 Å². The number of hydrogen-bond acceptors (Lipinski definition) is 4. The second kappa shape index (κ2) is 4.74. The van der Waals surface area contributed by atoms with E-state index in [0.717, 1.165) is 24.6 Å². The van der Waals surface area contributed by atoms with Gasteiger partial charge in [-0.15, -0.1) is 0 Å². The molecule has 0 spiro atoms. The maximum absolute atomic E-state index is 10.9. The van der Waals surface area contributed by atoms with E-state index in [0.29, 0.717) is 6.61 Å². The van der Waals surface area contributed by atoms with Crippen molar-refractivity contribution < 1.29 is 14.5 Å². The van der Waals surface area contributed by atoms with E-state index in [4.69, 9.17) is 4.65 Å². The summed E-state index contributed by atoms with van der Waals surface area (Å²) in [5.41, 5.74) is 0. The Balaban J connectivity index is 2.33. The van der Waals surface area contributed by atoms with Crippen LogP contribution in [0.15, 0.2) is 0 Å². The van der Waals surface area contributed by atoms with Crippen LogP contribution in [0, 0.1) is 0 Å². The lowest BCUT2D eigenvalue weighted by atomic mass is 9.74. The monoisotopic (exact) mass is 189 g/mol. The van der Waals surface area contributed by atoms with E-state index in [-0.39, 0.29) is 11.2 Å². The molecule has 1 rings (SSSR count). The van der Waals surface area contributed by atoms with Gasteiger partial charge < -0.3 is 15.0 Å². The molecule has 0 saturated carbocycles. The molecule has 4 nitrogen and oxygen atoms in total. The molecule has 1 amide bonds. The van der Waals surface area contributed by atoms with Gasteiger partial charge in [-0.25, -0.2) is 0 Å². The Morgan fingerprint density at radius 3 is 3.17 bits per heavy atom. The summed E-state index contributed by atoms with van der Waals surface area (Å²) in [5, 5.41) is 11.8. The van der Waals surface area contributed by atoms with Crippen molar-refractivity contribution in [1.29, 1.82) is 0 Å². The molecule has 1 unspecified atom stereocenters. The highest BCUT2D eigenvalue weighted by Gasteiger charge is 2.31. The lowest BCUT2D eigenvalue weighted by Crippen LogP contribution is -2.49. The molecular formula is C6H12BNO3S. The summed E-state index contributed by atoms with van der Waals surface area (Å²) in [6.07, 6.45) is 3.37. The summed E-state index contributed by atoms with van der Waals surface area (Å²) in [6, 6.07) is 0. The largest absolute Gasteiger partial charge is 0.478 e. The molecule has 0 aromatic rings. The van der Waals surface area contributed by atoms with E-state index in [1.165, 1.54) is 0 Å². The van der Waals surface area contributed by atoms with Gasteiger partial charge in [0.15, 0.2) is 0 Å². The van der Waals surface area contributed by atoms with E-state index >= 15 is 0 Å². The van der Waals surface area contributed by atoms with E-state index in [1.807, 2.05) is 0 Å². The van der Waals surface area contributed by atoms with Crippen molar-refractivity contribution in [2.45, 2.75) is 18.8 Å². The molecule has 6 heteroatoms. The Bertz CT molecular complexity index is 169. The number of hydrogen-bond donors (Lipinski definition) is 2. The zero-order valence-corrected chi connectivity index (χ0v) is 7.76. The van der Waals surface area contributed by atoms with Crippen LogP contribution in [0.5, 0.6) is 0 Å². The lowest BCUT2D eigenvalue weighted by molar-refractivity contribution is 0.203. The molecule has 0 bridgehead atoms. The Labute approximate surface area is 76.2 Å². The van der Waals surface area contributed by atoms with E-state index in [9.17, 15) is 9.82 Å². The molecule has 0 aliphatic carbocycles. The first-order chi connectivity index (χ1) is 5.74. The molecule has 68 valence electrons. The van der Waals surface area contributed by atoms with E-state index in [2.05, 4.69) is 5.32 Å². The number of rotatable bonds is 1. The molecule has 0 radical (unpaired) electrons. The molecule has 2 N–H and O–H groups in total. The number of amides is 1. The molecule has 1 atom stereocenters. The summed E-state index contributed by atoms with van der Waals surface area (Å²) in [4.78, 5) is 10.9. The fraction of sp³-hybridized carbons (Fsp3) is 0.833. The highest BCUT2D eigenvalue weighted by atomic mass is 32.2. The minimum absolute atomic E-state index is 0.121. The van der Waals surface area contributed by atoms with Gasteiger partial charge in [0.25, 0.3) is 5.24 Å². The molecule has 0 aromatic carbocycles. The molecule has 1 heterocycles. The van der Waals surface area contributed by atoms with Gasteiger partial charge in [-0.2, -0.15) is 0 Å². The number of thioether (sulfide) groups is 1. The van der Waals surface area contributed by atoms with Gasteiger partial charge in [-0.1, -0.05) is 11.8 Å². The van der Waals surface area contributed by atoms with Crippen molar-refractivity contribution in [1.82, 2.24) is 5.32 Å². The molecule has 12 heavy (non-hydrogen) atoms. The minimum atomic E-state index is -0.838.